The Hall–Kier alpha value is 0.340. The third-order valence-corrected chi connectivity index (χ3v) is 1.17. The molecule has 0 heterocycles. The van der Waals surface area contributed by atoms with Crippen LogP contribution in [-0.4, -0.2) is 13.9 Å². The van der Waals surface area contributed by atoms with Gasteiger partial charge in [0.2, 0.25) is 0 Å². The number of hydrogen-bond acceptors (Lipinski definition) is 3. The summed E-state index contributed by atoms with van der Waals surface area (Å²) in [6, 6.07) is 0. The largest absolute Gasteiger partial charge is 1.00 e. The summed E-state index contributed by atoms with van der Waals surface area (Å²) in [4.78, 5) is 8.92. The molecular weight excluding hydrogens is 186 g/mol. The fraction of sp³-hybridized carbons (Fsp3) is 1.00. The first-order valence-corrected chi connectivity index (χ1v) is 2.91. The van der Waals surface area contributed by atoms with E-state index in [9.17, 15) is 21.6 Å². The number of hydrogen-bond donors (Lipinski definition) is 0. The van der Waals surface area contributed by atoms with E-state index >= 15 is 0 Å². The second-order valence-electron chi connectivity index (χ2n) is 0.995. The van der Waals surface area contributed by atoms with Crippen LogP contribution >= 0.6 is 0 Å². The van der Waals surface area contributed by atoms with E-state index < -0.39 is 15.5 Å². The van der Waals surface area contributed by atoms with E-state index in [1.165, 1.54) is 0 Å². The number of rotatable bonds is 1. The van der Waals surface area contributed by atoms with Gasteiger partial charge in [-0.2, -0.15) is 21.6 Å². The Morgan fingerprint density at radius 2 is 1.60 bits per heavy atom. The second-order valence-corrected chi connectivity index (χ2v) is 2.56. The maximum atomic E-state index is 11.0. The summed E-state index contributed by atoms with van der Waals surface area (Å²) in [5.41, 5.74) is -5.56. The van der Waals surface area contributed by atoms with Crippen LogP contribution in [0.15, 0.2) is 4.58 Å². The van der Waals surface area contributed by atoms with Crippen molar-refractivity contribution in [1.82, 2.24) is 0 Å². The van der Waals surface area contributed by atoms with E-state index in [1.54, 1.807) is 0 Å². The van der Waals surface area contributed by atoms with E-state index in [0.717, 1.165) is 4.58 Å². The van der Waals surface area contributed by atoms with Gasteiger partial charge in [-0.05, 0) is 0 Å². The Morgan fingerprint density at radius 1 is 1.30 bits per heavy atom. The summed E-state index contributed by atoms with van der Waals surface area (Å²) >= 11 is 0. The van der Waals surface area contributed by atoms with Crippen LogP contribution < -0.4 is 29.6 Å². The molecule has 0 aromatic heterocycles. The van der Waals surface area contributed by atoms with Crippen molar-refractivity contribution in [2.75, 3.05) is 0 Å². The van der Waals surface area contributed by atoms with Gasteiger partial charge in [0.05, 0.1) is 4.58 Å². The van der Waals surface area contributed by atoms with Crippen LogP contribution in [-0.2, 0) is 10.0 Å². The zero-order chi connectivity index (χ0) is 7.71. The quantitative estimate of drug-likeness (QED) is 0.343. The SMILES string of the molecule is O=NS(=O)(=O)C(F)(F)F.[H-].[Na+]. The molecule has 0 bridgehead atoms. The van der Waals surface area contributed by atoms with Crippen LogP contribution in [0.3, 0.4) is 0 Å². The minimum Gasteiger partial charge on any atom is -1.00 e. The molecule has 0 saturated heterocycles. The van der Waals surface area contributed by atoms with Crippen molar-refractivity contribution in [3.63, 3.8) is 0 Å². The van der Waals surface area contributed by atoms with Crippen molar-refractivity contribution in [1.29, 1.82) is 0 Å². The minimum atomic E-state index is -5.77. The van der Waals surface area contributed by atoms with Crippen molar-refractivity contribution in [2.45, 2.75) is 5.51 Å². The zero-order valence-electron chi connectivity index (χ0n) is 5.71. The van der Waals surface area contributed by atoms with Crippen molar-refractivity contribution in [2.24, 2.45) is 4.58 Å². The van der Waals surface area contributed by atoms with Crippen LogP contribution in [0.1, 0.15) is 1.43 Å². The summed E-state index contributed by atoms with van der Waals surface area (Å²) in [6.45, 7) is 0. The van der Waals surface area contributed by atoms with Crippen LogP contribution in [0, 0.1) is 4.91 Å². The number of alkyl halides is 3. The predicted octanol–water partition coefficient (Wildman–Crippen LogP) is -2.28. The maximum Gasteiger partial charge on any atom is 1.00 e. The van der Waals surface area contributed by atoms with Gasteiger partial charge in [-0.15, -0.1) is 4.91 Å². The van der Waals surface area contributed by atoms with E-state index in [2.05, 4.69) is 0 Å². The zero-order valence-corrected chi connectivity index (χ0v) is 7.53. The molecular formula is CHF3NNaO3S. The molecule has 0 N–H and O–H groups in total. The smallest absolute Gasteiger partial charge is 1.00 e. The van der Waals surface area contributed by atoms with Crippen molar-refractivity contribution < 1.29 is 52.6 Å². The van der Waals surface area contributed by atoms with Crippen LogP contribution in [0.2, 0.25) is 0 Å². The molecule has 0 aromatic rings. The molecule has 0 amide bonds. The van der Waals surface area contributed by atoms with Crippen molar-refractivity contribution in [3.8, 4) is 0 Å². The minimum absolute atomic E-state index is 0. The van der Waals surface area contributed by atoms with Gasteiger partial charge < -0.3 is 1.43 Å². The fourth-order valence-corrected chi connectivity index (χ4v) is 0.127. The molecule has 0 fully saturated rings. The van der Waals surface area contributed by atoms with Crippen molar-refractivity contribution in [3.05, 3.63) is 4.91 Å². The van der Waals surface area contributed by atoms with E-state index in [-0.39, 0.29) is 31.0 Å². The topological polar surface area (TPSA) is 63.6 Å². The average molecular weight is 187 g/mol. The molecule has 0 radical (unpaired) electrons. The van der Waals surface area contributed by atoms with Gasteiger partial charge in [-0.25, -0.2) is 0 Å². The Kier molecular flexibility index (Phi) is 4.73. The third kappa shape index (κ3) is 2.95. The number of sulfonamides is 1. The van der Waals surface area contributed by atoms with E-state index in [0.29, 0.717) is 0 Å². The normalized spacial score (nSPS) is 11.9. The summed E-state index contributed by atoms with van der Waals surface area (Å²) in [7, 11) is -5.77. The van der Waals surface area contributed by atoms with Gasteiger partial charge in [0.25, 0.3) is 0 Å². The molecule has 0 saturated carbocycles. The molecule has 9 heteroatoms. The molecule has 0 aliphatic carbocycles. The number of nitroso groups, excluding NO2 is 1. The summed E-state index contributed by atoms with van der Waals surface area (Å²) in [6.07, 6.45) is 0. The molecule has 0 atom stereocenters. The first-order valence-electron chi connectivity index (χ1n) is 1.47. The molecule has 0 aromatic carbocycles. The van der Waals surface area contributed by atoms with Gasteiger partial charge >= 0.3 is 45.1 Å². The molecule has 0 aliphatic heterocycles. The van der Waals surface area contributed by atoms with Gasteiger partial charge in [0.15, 0.2) is 0 Å². The van der Waals surface area contributed by atoms with Gasteiger partial charge in [0, 0.05) is 0 Å². The molecule has 10 heavy (non-hydrogen) atoms. The van der Waals surface area contributed by atoms with Crippen LogP contribution in [0.4, 0.5) is 13.2 Å². The fourth-order valence-electron chi connectivity index (χ4n) is 0.0423. The molecule has 0 rings (SSSR count). The Morgan fingerprint density at radius 3 is 1.60 bits per heavy atom. The van der Waals surface area contributed by atoms with Crippen molar-refractivity contribution >= 4 is 10.0 Å². The molecule has 0 aliphatic rings. The first-order chi connectivity index (χ1) is 3.81. The first kappa shape index (κ1) is 13.0. The number of halogens is 3. The summed E-state index contributed by atoms with van der Waals surface area (Å²) in [5, 5.41) is 0. The number of nitrogens with zero attached hydrogens (tertiary/aromatic N) is 1. The Balaban J connectivity index is -0.000000320. The van der Waals surface area contributed by atoms with Crippen LogP contribution in [0.5, 0.6) is 0 Å². The maximum absolute atomic E-state index is 11.0. The summed E-state index contributed by atoms with van der Waals surface area (Å²) < 4.78 is 52.6. The van der Waals surface area contributed by atoms with Gasteiger partial charge in [-0.1, -0.05) is 0 Å². The molecule has 0 unspecified atom stereocenters. The Labute approximate surface area is 77.6 Å². The average Bonchev–Trinajstić information content (AvgIpc) is 1.64. The summed E-state index contributed by atoms with van der Waals surface area (Å²) in [5.74, 6) is 0. The standard InChI is InChI=1S/CF3NO3S.Na.H/c2-1(3,4)9(7,8)5-6;;/q;+1;-1. The molecule has 0 spiro atoms. The monoisotopic (exact) mass is 187 g/mol. The predicted molar refractivity (Wildman–Crippen MR) is 21.9 cm³/mol. The van der Waals surface area contributed by atoms with Gasteiger partial charge in [-0.3, -0.25) is 0 Å². The van der Waals surface area contributed by atoms with Gasteiger partial charge in [0.1, 0.15) is 0 Å². The van der Waals surface area contributed by atoms with E-state index in [1.807, 2.05) is 0 Å². The van der Waals surface area contributed by atoms with Crippen LogP contribution in [0.25, 0.3) is 0 Å². The molecule has 56 valence electrons. The third-order valence-electron chi connectivity index (χ3n) is 0.391. The molecule has 4 nitrogen and oxygen atoms in total. The Bertz CT molecular complexity index is 211. The van der Waals surface area contributed by atoms with E-state index in [4.69, 9.17) is 4.91 Å². The second kappa shape index (κ2) is 3.65.